The van der Waals surface area contributed by atoms with Crippen molar-refractivity contribution in [3.63, 3.8) is 0 Å². The molecule has 16 heavy (non-hydrogen) atoms. The van der Waals surface area contributed by atoms with Crippen LogP contribution in [-0.4, -0.2) is 26.1 Å². The fraction of sp³-hybridized carbons (Fsp3) is 0.500. The first-order chi connectivity index (χ1) is 7.61. The van der Waals surface area contributed by atoms with Gasteiger partial charge in [0.25, 0.3) is 0 Å². The number of hydrogen-bond donors (Lipinski definition) is 3. The first kappa shape index (κ1) is 13.1. The van der Waals surface area contributed by atoms with Crippen molar-refractivity contribution in [2.45, 2.75) is 25.6 Å². The number of nitrogen functional groups attached to an aromatic ring is 1. The van der Waals surface area contributed by atoms with Gasteiger partial charge in [-0.2, -0.15) is 0 Å². The molecule has 3 nitrogen and oxygen atoms in total. The van der Waals surface area contributed by atoms with Gasteiger partial charge in [0.2, 0.25) is 0 Å². The number of nitrogens with two attached hydrogens (primary N) is 2. The lowest BCUT2D eigenvalue weighted by Gasteiger charge is -2.18. The van der Waals surface area contributed by atoms with Gasteiger partial charge < -0.3 is 16.6 Å². The van der Waals surface area contributed by atoms with E-state index in [4.69, 9.17) is 24.4 Å². The van der Waals surface area contributed by atoms with Gasteiger partial charge in [0.15, 0.2) is 0 Å². The molecule has 0 aliphatic heterocycles. The molecule has 0 aromatic heterocycles. The molecule has 0 amide bonds. The van der Waals surface area contributed by atoms with E-state index in [1.54, 1.807) is 0 Å². The molecule has 0 bridgehead atoms. The van der Waals surface area contributed by atoms with Gasteiger partial charge in [0.05, 0.1) is 7.85 Å². The Labute approximate surface area is 98.2 Å². The van der Waals surface area contributed by atoms with E-state index in [0.717, 1.165) is 28.8 Å². The summed E-state index contributed by atoms with van der Waals surface area (Å²) < 4.78 is 0. The fourth-order valence-electron chi connectivity index (χ4n) is 1.89. The predicted molar refractivity (Wildman–Crippen MR) is 68.5 cm³/mol. The summed E-state index contributed by atoms with van der Waals surface area (Å²) in [6.07, 6.45) is 1.48. The Hall–Kier alpha value is -0.995. The molecule has 0 fully saturated rings. The highest BCUT2D eigenvalue weighted by Crippen LogP contribution is 2.27. The van der Waals surface area contributed by atoms with Crippen molar-refractivity contribution in [3.8, 4) is 0 Å². The van der Waals surface area contributed by atoms with Crippen LogP contribution in [0.25, 0.3) is 0 Å². The van der Waals surface area contributed by atoms with Crippen LogP contribution in [0.5, 0.6) is 0 Å². The Bertz CT molecular complexity index is 355. The van der Waals surface area contributed by atoms with Gasteiger partial charge in [-0.1, -0.05) is 12.1 Å². The summed E-state index contributed by atoms with van der Waals surface area (Å²) in [6.45, 7) is 2.54. The standard InChI is InChI=1S/C12H19BN2O/c1-8-4-5-9(3-2-6-16)12(15)11(8)10(13)7-14/h4-5,10,16H,2-3,6-7,14-15H2,1H3. The second-order valence-electron chi connectivity index (χ2n) is 4.04. The van der Waals surface area contributed by atoms with Gasteiger partial charge >= 0.3 is 0 Å². The Balaban J connectivity index is 3.06. The molecule has 0 aliphatic carbocycles. The van der Waals surface area contributed by atoms with Gasteiger partial charge in [-0.25, -0.2) is 0 Å². The van der Waals surface area contributed by atoms with Gasteiger partial charge in [0.1, 0.15) is 0 Å². The fourth-order valence-corrected chi connectivity index (χ4v) is 1.89. The Kier molecular flexibility index (Phi) is 4.84. The number of aliphatic hydroxyl groups is 1. The van der Waals surface area contributed by atoms with E-state index in [2.05, 4.69) is 0 Å². The molecule has 1 atom stereocenters. The van der Waals surface area contributed by atoms with Crippen molar-refractivity contribution in [1.82, 2.24) is 0 Å². The zero-order valence-electron chi connectivity index (χ0n) is 9.74. The maximum absolute atomic E-state index is 8.81. The SMILES string of the molecule is [B]C(CN)c1c(C)ccc(CCCO)c1N. The summed E-state index contributed by atoms with van der Waals surface area (Å²) in [5.74, 6) is -0.214. The van der Waals surface area contributed by atoms with E-state index in [9.17, 15) is 0 Å². The lowest BCUT2D eigenvalue weighted by molar-refractivity contribution is 0.288. The Morgan fingerprint density at radius 1 is 1.44 bits per heavy atom. The highest BCUT2D eigenvalue weighted by Gasteiger charge is 2.13. The highest BCUT2D eigenvalue weighted by molar-refractivity contribution is 6.13. The van der Waals surface area contributed by atoms with Crippen LogP contribution in [-0.2, 0) is 6.42 Å². The first-order valence-electron chi connectivity index (χ1n) is 5.56. The third kappa shape index (κ3) is 2.77. The molecule has 0 aliphatic rings. The average Bonchev–Trinajstić information content (AvgIpc) is 2.28. The summed E-state index contributed by atoms with van der Waals surface area (Å²) in [7, 11) is 5.94. The molecule has 0 heterocycles. The molecular formula is C12H19BN2O. The first-order valence-corrected chi connectivity index (χ1v) is 5.56. The average molecular weight is 218 g/mol. The zero-order chi connectivity index (χ0) is 12.1. The van der Waals surface area contributed by atoms with Crippen LogP contribution in [0.15, 0.2) is 12.1 Å². The number of aryl methyl sites for hydroxylation is 2. The maximum Gasteiger partial charge on any atom is 0.0782 e. The lowest BCUT2D eigenvalue weighted by atomic mass is 9.77. The van der Waals surface area contributed by atoms with Crippen molar-refractivity contribution < 1.29 is 5.11 Å². The molecule has 0 saturated heterocycles. The molecule has 1 aromatic carbocycles. The normalized spacial score (nSPS) is 12.7. The molecular weight excluding hydrogens is 199 g/mol. The number of aliphatic hydroxyl groups excluding tert-OH is 1. The van der Waals surface area contributed by atoms with E-state index < -0.39 is 0 Å². The molecule has 1 aromatic rings. The van der Waals surface area contributed by atoms with Crippen LogP contribution < -0.4 is 11.5 Å². The number of anilines is 1. The predicted octanol–water partition coefficient (Wildman–Crippen LogP) is 0.670. The molecule has 1 rings (SSSR count). The van der Waals surface area contributed by atoms with E-state index in [0.29, 0.717) is 13.0 Å². The van der Waals surface area contributed by atoms with E-state index in [-0.39, 0.29) is 12.4 Å². The van der Waals surface area contributed by atoms with Crippen molar-refractivity contribution >= 4 is 13.5 Å². The number of hydrogen-bond acceptors (Lipinski definition) is 3. The van der Waals surface area contributed by atoms with E-state index in [1.165, 1.54) is 0 Å². The van der Waals surface area contributed by atoms with Gasteiger partial charge in [0, 0.05) is 12.3 Å². The highest BCUT2D eigenvalue weighted by atomic mass is 16.2. The van der Waals surface area contributed by atoms with Crippen LogP contribution >= 0.6 is 0 Å². The van der Waals surface area contributed by atoms with Crippen LogP contribution in [0.3, 0.4) is 0 Å². The van der Waals surface area contributed by atoms with E-state index >= 15 is 0 Å². The third-order valence-electron chi connectivity index (χ3n) is 2.82. The summed E-state index contributed by atoms with van der Waals surface area (Å²) in [4.78, 5) is 0. The smallest absolute Gasteiger partial charge is 0.0782 e. The molecule has 4 heteroatoms. The number of rotatable bonds is 5. The summed E-state index contributed by atoms with van der Waals surface area (Å²) in [6, 6.07) is 4.00. The van der Waals surface area contributed by atoms with E-state index in [1.807, 2.05) is 19.1 Å². The quantitative estimate of drug-likeness (QED) is 0.502. The maximum atomic E-state index is 8.81. The Morgan fingerprint density at radius 3 is 2.69 bits per heavy atom. The second kappa shape index (κ2) is 5.92. The Morgan fingerprint density at radius 2 is 2.12 bits per heavy atom. The number of benzene rings is 1. The largest absolute Gasteiger partial charge is 0.398 e. The van der Waals surface area contributed by atoms with Crippen molar-refractivity contribution in [1.29, 1.82) is 0 Å². The van der Waals surface area contributed by atoms with Crippen molar-refractivity contribution in [3.05, 3.63) is 28.8 Å². The molecule has 0 saturated carbocycles. The van der Waals surface area contributed by atoms with Gasteiger partial charge in [-0.05, 0) is 48.8 Å². The van der Waals surface area contributed by atoms with Crippen LogP contribution in [0.1, 0.15) is 28.9 Å². The van der Waals surface area contributed by atoms with Gasteiger partial charge in [-0.15, -0.1) is 0 Å². The second-order valence-corrected chi connectivity index (χ2v) is 4.04. The van der Waals surface area contributed by atoms with Crippen molar-refractivity contribution in [2.24, 2.45) is 5.73 Å². The van der Waals surface area contributed by atoms with Crippen LogP contribution in [0.2, 0.25) is 0 Å². The van der Waals surface area contributed by atoms with Crippen LogP contribution in [0.4, 0.5) is 5.69 Å². The summed E-state index contributed by atoms with van der Waals surface area (Å²) in [5, 5.41) is 8.81. The van der Waals surface area contributed by atoms with Crippen molar-refractivity contribution in [2.75, 3.05) is 18.9 Å². The zero-order valence-corrected chi connectivity index (χ0v) is 9.74. The summed E-state index contributed by atoms with van der Waals surface area (Å²) in [5.41, 5.74) is 15.4. The minimum atomic E-state index is -0.214. The minimum Gasteiger partial charge on any atom is -0.398 e. The lowest BCUT2D eigenvalue weighted by Crippen LogP contribution is -2.16. The van der Waals surface area contributed by atoms with Crippen LogP contribution in [0, 0.1) is 6.92 Å². The molecule has 5 N–H and O–H groups in total. The molecule has 86 valence electrons. The molecule has 0 spiro atoms. The minimum absolute atomic E-state index is 0.172. The topological polar surface area (TPSA) is 72.3 Å². The molecule has 1 unspecified atom stereocenters. The van der Waals surface area contributed by atoms with Gasteiger partial charge in [-0.3, -0.25) is 0 Å². The third-order valence-corrected chi connectivity index (χ3v) is 2.82. The summed E-state index contributed by atoms with van der Waals surface area (Å²) >= 11 is 0. The molecule has 2 radical (unpaired) electrons. The monoisotopic (exact) mass is 218 g/mol.